The molecule has 2 heterocycles. The highest BCUT2D eigenvalue weighted by molar-refractivity contribution is 7.91. The van der Waals surface area contributed by atoms with Gasteiger partial charge < -0.3 is 4.42 Å². The molecule has 0 aliphatic heterocycles. The van der Waals surface area contributed by atoms with Gasteiger partial charge in [-0.15, -0.1) is 0 Å². The van der Waals surface area contributed by atoms with Crippen molar-refractivity contribution in [1.29, 1.82) is 0 Å². The number of furan rings is 1. The van der Waals surface area contributed by atoms with Crippen LogP contribution < -0.4 is 5.32 Å². The number of benzene rings is 2. The second-order valence-corrected chi connectivity index (χ2v) is 8.87. The fourth-order valence-corrected chi connectivity index (χ4v) is 4.74. The highest BCUT2D eigenvalue weighted by atomic mass is 35.5. The summed E-state index contributed by atoms with van der Waals surface area (Å²) in [6.45, 7) is 0. The van der Waals surface area contributed by atoms with Gasteiger partial charge in [0.15, 0.2) is 10.9 Å². The van der Waals surface area contributed by atoms with E-state index in [-0.39, 0.29) is 15.7 Å². The third-order valence-corrected chi connectivity index (χ3v) is 6.51. The lowest BCUT2D eigenvalue weighted by atomic mass is 10.3. The summed E-state index contributed by atoms with van der Waals surface area (Å²) < 4.78 is 31.2. The highest BCUT2D eigenvalue weighted by Gasteiger charge is 2.23. The van der Waals surface area contributed by atoms with Gasteiger partial charge in [0.2, 0.25) is 14.9 Å². The van der Waals surface area contributed by atoms with Gasteiger partial charge in [0, 0.05) is 5.02 Å². The van der Waals surface area contributed by atoms with Crippen molar-refractivity contribution < 1.29 is 17.6 Å². The lowest BCUT2D eigenvalue weighted by Crippen LogP contribution is -2.10. The van der Waals surface area contributed by atoms with Crippen LogP contribution in [-0.4, -0.2) is 19.3 Å². The molecule has 2 aromatic heterocycles. The van der Waals surface area contributed by atoms with Crippen LogP contribution in [0.3, 0.4) is 0 Å². The van der Waals surface area contributed by atoms with Crippen molar-refractivity contribution in [3.8, 4) is 0 Å². The van der Waals surface area contributed by atoms with E-state index in [0.29, 0.717) is 15.7 Å². The fraction of sp³-hybridized carbons (Fsp3) is 0. The number of aromatic nitrogens is 1. The number of fused-ring (bicyclic) bond motifs is 1. The number of thiazole rings is 1. The Morgan fingerprint density at radius 2 is 1.85 bits per heavy atom. The van der Waals surface area contributed by atoms with Crippen molar-refractivity contribution in [2.75, 3.05) is 5.32 Å². The maximum absolute atomic E-state index is 12.5. The molecule has 4 aromatic rings. The molecule has 0 unspecified atom stereocenters. The molecule has 0 saturated carbocycles. The van der Waals surface area contributed by atoms with Gasteiger partial charge in [-0.1, -0.05) is 41.1 Å². The highest BCUT2D eigenvalue weighted by Crippen LogP contribution is 2.29. The van der Waals surface area contributed by atoms with Gasteiger partial charge in [-0.3, -0.25) is 10.1 Å². The van der Waals surface area contributed by atoms with Crippen LogP contribution in [0.15, 0.2) is 75.1 Å². The quantitative estimate of drug-likeness (QED) is 0.522. The lowest BCUT2D eigenvalue weighted by molar-refractivity contribution is 0.0991. The second kappa shape index (κ2) is 6.80. The van der Waals surface area contributed by atoms with Crippen molar-refractivity contribution in [1.82, 2.24) is 4.98 Å². The Kier molecular flexibility index (Phi) is 4.47. The summed E-state index contributed by atoms with van der Waals surface area (Å²) in [5.74, 6) is -0.712. The van der Waals surface area contributed by atoms with E-state index in [9.17, 15) is 13.2 Å². The third-order valence-electron chi connectivity index (χ3n) is 3.69. The standard InChI is InChI=1S/C18H11ClN2O4S2/c19-11-6-7-13-15(10-11)26-18(20-13)21-17(22)14-8-9-16(25-14)27(23,24)12-4-2-1-3-5-12/h1-10H,(H,20,21,22). The molecule has 1 N–H and O–H groups in total. The van der Waals surface area contributed by atoms with Crippen molar-refractivity contribution in [3.63, 3.8) is 0 Å². The zero-order valence-corrected chi connectivity index (χ0v) is 15.9. The van der Waals surface area contributed by atoms with E-state index in [1.807, 2.05) is 0 Å². The van der Waals surface area contributed by atoms with E-state index < -0.39 is 15.7 Å². The van der Waals surface area contributed by atoms with Crippen molar-refractivity contribution in [3.05, 3.63) is 71.4 Å². The average Bonchev–Trinajstić information content (AvgIpc) is 3.29. The van der Waals surface area contributed by atoms with Gasteiger partial charge in [0.1, 0.15) is 0 Å². The zero-order chi connectivity index (χ0) is 19.0. The van der Waals surface area contributed by atoms with Gasteiger partial charge in [0.25, 0.3) is 5.91 Å². The molecule has 0 bridgehead atoms. The summed E-state index contributed by atoms with van der Waals surface area (Å²) >= 11 is 7.20. The minimum absolute atomic E-state index is 0.0920. The lowest BCUT2D eigenvalue weighted by Gasteiger charge is -2.01. The molecule has 0 spiro atoms. The van der Waals surface area contributed by atoms with Crippen LogP contribution in [0, 0.1) is 0 Å². The summed E-state index contributed by atoms with van der Waals surface area (Å²) in [4.78, 5) is 16.8. The first kappa shape index (κ1) is 17.7. The Hall–Kier alpha value is -2.68. The first-order chi connectivity index (χ1) is 12.9. The van der Waals surface area contributed by atoms with Crippen LogP contribution in [0.1, 0.15) is 10.6 Å². The zero-order valence-electron chi connectivity index (χ0n) is 13.5. The third kappa shape index (κ3) is 3.46. The Labute approximate surface area is 163 Å². The fourth-order valence-electron chi connectivity index (χ4n) is 2.41. The molecule has 1 amide bonds. The maximum atomic E-state index is 12.5. The molecule has 9 heteroatoms. The summed E-state index contributed by atoms with van der Waals surface area (Å²) in [6, 6.07) is 15.7. The van der Waals surface area contributed by atoms with Crippen LogP contribution in [0.5, 0.6) is 0 Å². The second-order valence-electron chi connectivity index (χ2n) is 5.52. The molecular formula is C18H11ClN2O4S2. The largest absolute Gasteiger partial charge is 0.439 e. The number of nitrogens with one attached hydrogen (secondary N) is 1. The minimum atomic E-state index is -3.82. The van der Waals surface area contributed by atoms with E-state index in [4.69, 9.17) is 16.0 Å². The number of hydrogen-bond donors (Lipinski definition) is 1. The molecular weight excluding hydrogens is 408 g/mol. The normalized spacial score (nSPS) is 11.6. The van der Waals surface area contributed by atoms with Crippen molar-refractivity contribution in [2.45, 2.75) is 9.99 Å². The molecule has 136 valence electrons. The molecule has 0 aliphatic carbocycles. The minimum Gasteiger partial charge on any atom is -0.439 e. The molecule has 0 fully saturated rings. The van der Waals surface area contributed by atoms with Crippen LogP contribution in [-0.2, 0) is 9.84 Å². The van der Waals surface area contributed by atoms with E-state index in [2.05, 4.69) is 10.3 Å². The van der Waals surface area contributed by atoms with Crippen LogP contribution in [0.2, 0.25) is 5.02 Å². The van der Waals surface area contributed by atoms with E-state index in [1.165, 1.54) is 35.6 Å². The van der Waals surface area contributed by atoms with E-state index >= 15 is 0 Å². The summed E-state index contributed by atoms with van der Waals surface area (Å²) in [5, 5.41) is 3.25. The number of anilines is 1. The first-order valence-electron chi connectivity index (χ1n) is 7.71. The number of amides is 1. The Morgan fingerprint density at radius 1 is 1.07 bits per heavy atom. The van der Waals surface area contributed by atoms with Gasteiger partial charge in [-0.2, -0.15) is 0 Å². The topological polar surface area (TPSA) is 89.3 Å². The number of sulfone groups is 1. The van der Waals surface area contributed by atoms with Gasteiger partial charge in [-0.05, 0) is 42.5 Å². The number of rotatable bonds is 4. The van der Waals surface area contributed by atoms with Crippen LogP contribution >= 0.6 is 22.9 Å². The van der Waals surface area contributed by atoms with Crippen LogP contribution in [0.4, 0.5) is 5.13 Å². The van der Waals surface area contributed by atoms with Gasteiger partial charge >= 0.3 is 0 Å². The number of nitrogens with zero attached hydrogens (tertiary/aromatic N) is 1. The Bertz CT molecular complexity index is 1250. The number of carbonyl (C=O) groups excluding carboxylic acids is 1. The predicted molar refractivity (Wildman–Crippen MR) is 103 cm³/mol. The van der Waals surface area contributed by atoms with Crippen LogP contribution in [0.25, 0.3) is 10.2 Å². The van der Waals surface area contributed by atoms with Gasteiger partial charge in [-0.25, -0.2) is 13.4 Å². The number of hydrogen-bond acceptors (Lipinski definition) is 6. The predicted octanol–water partition coefficient (Wildman–Crippen LogP) is 4.63. The summed E-state index contributed by atoms with van der Waals surface area (Å²) in [5.41, 5.74) is 0.700. The van der Waals surface area contributed by atoms with E-state index in [0.717, 1.165) is 4.70 Å². The molecule has 2 aromatic carbocycles. The molecule has 4 rings (SSSR count). The van der Waals surface area contributed by atoms with Gasteiger partial charge in [0.05, 0.1) is 15.1 Å². The SMILES string of the molecule is O=C(Nc1nc2ccc(Cl)cc2s1)c1ccc(S(=O)(=O)c2ccccc2)o1. The van der Waals surface area contributed by atoms with Crippen molar-refractivity contribution >= 4 is 54.0 Å². The molecule has 0 atom stereocenters. The molecule has 0 aliphatic rings. The van der Waals surface area contributed by atoms with E-state index in [1.54, 1.807) is 36.4 Å². The Balaban J connectivity index is 1.58. The Morgan fingerprint density at radius 3 is 2.63 bits per heavy atom. The molecule has 6 nitrogen and oxygen atoms in total. The molecule has 27 heavy (non-hydrogen) atoms. The summed E-state index contributed by atoms with van der Waals surface area (Å²) in [6.07, 6.45) is 0. The average molecular weight is 419 g/mol. The smallest absolute Gasteiger partial charge is 0.293 e. The monoisotopic (exact) mass is 418 g/mol. The summed E-state index contributed by atoms with van der Waals surface area (Å²) in [7, 11) is -3.82. The molecule has 0 radical (unpaired) electrons. The first-order valence-corrected chi connectivity index (χ1v) is 10.4. The molecule has 0 saturated heterocycles. The number of halogens is 1. The maximum Gasteiger partial charge on any atom is 0.293 e. The number of carbonyl (C=O) groups is 1. The van der Waals surface area contributed by atoms with Crippen molar-refractivity contribution in [2.24, 2.45) is 0 Å².